The normalized spacial score (nSPS) is 10.6. The summed E-state index contributed by atoms with van der Waals surface area (Å²) in [5, 5.41) is 2.80. The zero-order valence-electron chi connectivity index (χ0n) is 8.63. The molecule has 0 radical (unpaired) electrons. The molecule has 2 aromatic rings. The van der Waals surface area contributed by atoms with Crippen molar-refractivity contribution < 1.29 is 9.21 Å². The molecule has 0 saturated heterocycles. The number of carbonyl (C=O) groups is 1. The van der Waals surface area contributed by atoms with Crippen molar-refractivity contribution in [1.82, 2.24) is 9.97 Å². The fraction of sp³-hybridized carbons (Fsp3) is 0. The third-order valence-corrected chi connectivity index (χ3v) is 2.01. The van der Waals surface area contributed by atoms with E-state index >= 15 is 0 Å². The van der Waals surface area contributed by atoms with Crippen LogP contribution in [0, 0.1) is 0 Å². The van der Waals surface area contributed by atoms with Crippen LogP contribution in [0.4, 0.5) is 5.82 Å². The predicted octanol–water partition coefficient (Wildman–Crippen LogP) is 2.37. The molecule has 1 amide bonds. The number of hydrogen-bond acceptors (Lipinski definition) is 4. The van der Waals surface area contributed by atoms with Crippen LogP contribution in [0.5, 0.6) is 0 Å². The first-order valence-corrected chi connectivity index (χ1v) is 5.12. The van der Waals surface area contributed by atoms with Crippen LogP contribution in [0.15, 0.2) is 41.3 Å². The zero-order chi connectivity index (χ0) is 12.1. The molecule has 0 unspecified atom stereocenters. The molecule has 0 aromatic carbocycles. The van der Waals surface area contributed by atoms with Crippen LogP contribution in [-0.4, -0.2) is 15.9 Å². The Hall–Kier alpha value is -2.14. The standard InChI is InChI=1S/C11H8ClN3O2/c12-9-6-14-10(7-13-9)15-11(16)4-3-8-2-1-5-17-8/h1-7H,(H,14,15,16)/b4-3+. The van der Waals surface area contributed by atoms with E-state index in [-0.39, 0.29) is 11.1 Å². The van der Waals surface area contributed by atoms with E-state index in [0.29, 0.717) is 11.6 Å². The smallest absolute Gasteiger partial charge is 0.249 e. The Balaban J connectivity index is 1.95. The van der Waals surface area contributed by atoms with Gasteiger partial charge in [-0.1, -0.05) is 11.6 Å². The highest BCUT2D eigenvalue weighted by molar-refractivity contribution is 6.29. The number of rotatable bonds is 3. The van der Waals surface area contributed by atoms with Gasteiger partial charge < -0.3 is 9.73 Å². The van der Waals surface area contributed by atoms with Crippen molar-refractivity contribution in [2.24, 2.45) is 0 Å². The van der Waals surface area contributed by atoms with Crippen molar-refractivity contribution in [2.75, 3.05) is 5.32 Å². The Kier molecular flexibility index (Phi) is 3.52. The van der Waals surface area contributed by atoms with E-state index in [0.717, 1.165) is 0 Å². The van der Waals surface area contributed by atoms with Gasteiger partial charge in [0.2, 0.25) is 5.91 Å². The quantitative estimate of drug-likeness (QED) is 0.848. The third-order valence-electron chi connectivity index (χ3n) is 1.81. The first-order chi connectivity index (χ1) is 8.24. The van der Waals surface area contributed by atoms with E-state index in [1.54, 1.807) is 18.2 Å². The van der Waals surface area contributed by atoms with Crippen LogP contribution in [0.3, 0.4) is 0 Å². The Morgan fingerprint density at radius 1 is 1.41 bits per heavy atom. The average molecular weight is 250 g/mol. The lowest BCUT2D eigenvalue weighted by molar-refractivity contribution is -0.111. The van der Waals surface area contributed by atoms with Crippen molar-refractivity contribution in [3.63, 3.8) is 0 Å². The number of nitrogens with zero attached hydrogens (tertiary/aromatic N) is 2. The molecular weight excluding hydrogens is 242 g/mol. The average Bonchev–Trinajstić information content (AvgIpc) is 2.83. The Morgan fingerprint density at radius 2 is 2.29 bits per heavy atom. The fourth-order valence-electron chi connectivity index (χ4n) is 1.09. The lowest BCUT2D eigenvalue weighted by Gasteiger charge is -1.99. The molecule has 0 aliphatic carbocycles. The van der Waals surface area contributed by atoms with Gasteiger partial charge in [-0.05, 0) is 18.2 Å². The molecular formula is C11H8ClN3O2. The van der Waals surface area contributed by atoms with Crippen molar-refractivity contribution >= 4 is 29.4 Å². The van der Waals surface area contributed by atoms with Crippen LogP contribution in [0.25, 0.3) is 6.08 Å². The first-order valence-electron chi connectivity index (χ1n) is 4.74. The second-order valence-corrected chi connectivity index (χ2v) is 3.45. The Bertz CT molecular complexity index is 520. The lowest BCUT2D eigenvalue weighted by atomic mass is 10.4. The maximum atomic E-state index is 11.5. The maximum absolute atomic E-state index is 11.5. The van der Waals surface area contributed by atoms with Gasteiger partial charge in [-0.2, -0.15) is 0 Å². The largest absolute Gasteiger partial charge is 0.465 e. The summed E-state index contributed by atoms with van der Waals surface area (Å²) in [6.45, 7) is 0. The Labute approximate surface area is 102 Å². The summed E-state index contributed by atoms with van der Waals surface area (Å²) < 4.78 is 5.04. The molecule has 1 N–H and O–H groups in total. The van der Waals surface area contributed by atoms with E-state index in [9.17, 15) is 4.79 Å². The first kappa shape index (κ1) is 11.3. The van der Waals surface area contributed by atoms with Crippen molar-refractivity contribution in [1.29, 1.82) is 0 Å². The minimum atomic E-state index is -0.321. The fourth-order valence-corrected chi connectivity index (χ4v) is 1.19. The van der Waals surface area contributed by atoms with E-state index in [4.69, 9.17) is 16.0 Å². The summed E-state index contributed by atoms with van der Waals surface area (Å²) in [6, 6.07) is 3.48. The summed E-state index contributed by atoms with van der Waals surface area (Å²) in [6.07, 6.45) is 7.16. The van der Waals surface area contributed by atoms with Crippen molar-refractivity contribution in [2.45, 2.75) is 0 Å². The molecule has 0 aliphatic heterocycles. The molecule has 2 aromatic heterocycles. The highest BCUT2D eigenvalue weighted by atomic mass is 35.5. The van der Waals surface area contributed by atoms with Gasteiger partial charge in [0, 0.05) is 6.08 Å². The van der Waals surface area contributed by atoms with E-state index in [1.165, 1.54) is 24.7 Å². The van der Waals surface area contributed by atoms with E-state index < -0.39 is 0 Å². The van der Waals surface area contributed by atoms with Gasteiger partial charge in [0.05, 0.1) is 18.7 Å². The summed E-state index contributed by atoms with van der Waals surface area (Å²) in [5.41, 5.74) is 0. The molecule has 2 rings (SSSR count). The number of furan rings is 1. The van der Waals surface area contributed by atoms with Crippen LogP contribution >= 0.6 is 11.6 Å². The SMILES string of the molecule is O=C(/C=C/c1ccco1)Nc1cnc(Cl)cn1. The molecule has 6 heteroatoms. The summed E-state index contributed by atoms with van der Waals surface area (Å²) in [5.74, 6) is 0.615. The van der Waals surface area contributed by atoms with E-state index in [1.807, 2.05) is 0 Å². The highest BCUT2D eigenvalue weighted by Gasteiger charge is 1.99. The summed E-state index contributed by atoms with van der Waals surface area (Å²) >= 11 is 5.56. The van der Waals surface area contributed by atoms with E-state index in [2.05, 4.69) is 15.3 Å². The molecule has 2 heterocycles. The second kappa shape index (κ2) is 5.27. The molecule has 5 nitrogen and oxygen atoms in total. The number of halogens is 1. The van der Waals surface area contributed by atoms with Gasteiger partial charge in [0.15, 0.2) is 5.82 Å². The minimum absolute atomic E-state index is 0.272. The number of amides is 1. The molecule has 0 atom stereocenters. The number of nitrogens with one attached hydrogen (secondary N) is 1. The van der Waals surface area contributed by atoms with Crippen LogP contribution < -0.4 is 5.32 Å². The Morgan fingerprint density at radius 3 is 2.94 bits per heavy atom. The predicted molar refractivity (Wildman–Crippen MR) is 63.4 cm³/mol. The number of aromatic nitrogens is 2. The molecule has 0 saturated carbocycles. The van der Waals surface area contributed by atoms with Crippen LogP contribution in [-0.2, 0) is 4.79 Å². The number of anilines is 1. The molecule has 0 bridgehead atoms. The monoisotopic (exact) mass is 249 g/mol. The zero-order valence-corrected chi connectivity index (χ0v) is 9.39. The topological polar surface area (TPSA) is 68.0 Å². The number of hydrogen-bond donors (Lipinski definition) is 1. The van der Waals surface area contributed by atoms with Gasteiger partial charge >= 0.3 is 0 Å². The van der Waals surface area contributed by atoms with Crippen molar-refractivity contribution in [3.8, 4) is 0 Å². The minimum Gasteiger partial charge on any atom is -0.465 e. The maximum Gasteiger partial charge on any atom is 0.249 e. The van der Waals surface area contributed by atoms with Crippen LogP contribution in [0.2, 0.25) is 5.15 Å². The third kappa shape index (κ3) is 3.42. The summed E-state index contributed by atoms with van der Waals surface area (Å²) in [4.78, 5) is 19.1. The molecule has 0 aliphatic rings. The van der Waals surface area contributed by atoms with Gasteiger partial charge in [0.25, 0.3) is 0 Å². The molecule has 0 spiro atoms. The van der Waals surface area contributed by atoms with Gasteiger partial charge in [-0.15, -0.1) is 0 Å². The lowest BCUT2D eigenvalue weighted by Crippen LogP contribution is -2.09. The van der Waals surface area contributed by atoms with Gasteiger partial charge in [-0.25, -0.2) is 9.97 Å². The van der Waals surface area contributed by atoms with Crippen LogP contribution in [0.1, 0.15) is 5.76 Å². The molecule has 86 valence electrons. The van der Waals surface area contributed by atoms with Gasteiger partial charge in [0.1, 0.15) is 10.9 Å². The van der Waals surface area contributed by atoms with Crippen molar-refractivity contribution in [3.05, 3.63) is 47.8 Å². The summed E-state index contributed by atoms with van der Waals surface area (Å²) in [7, 11) is 0. The number of carbonyl (C=O) groups excluding carboxylic acids is 1. The van der Waals surface area contributed by atoms with Gasteiger partial charge in [-0.3, -0.25) is 4.79 Å². The molecule has 0 fully saturated rings. The second-order valence-electron chi connectivity index (χ2n) is 3.06. The molecule has 17 heavy (non-hydrogen) atoms. The highest BCUT2D eigenvalue weighted by Crippen LogP contribution is 2.06.